The zero-order chi connectivity index (χ0) is 30.0. The van der Waals surface area contributed by atoms with Crippen molar-refractivity contribution in [3.05, 3.63) is 129 Å². The normalized spacial score (nSPS) is 11.2. The smallest absolute Gasteiger partial charge is 0.425 e. The van der Waals surface area contributed by atoms with Gasteiger partial charge >= 0.3 is 16.6 Å². The minimum absolute atomic E-state index is 0.0305. The summed E-state index contributed by atoms with van der Waals surface area (Å²) in [6, 6.07) is 27.9. The fourth-order valence-corrected chi connectivity index (χ4v) is 5.05. The average Bonchev–Trinajstić information content (AvgIpc) is 2.98. The quantitative estimate of drug-likeness (QED) is 0.277. The number of hydrogen-bond donors (Lipinski definition) is 1. The number of aromatic nitrogens is 1. The second-order valence-electron chi connectivity index (χ2n) is 9.63. The Kier molecular flexibility index (Phi) is 7.81. The summed E-state index contributed by atoms with van der Waals surface area (Å²) in [6.07, 6.45) is 0. The molecule has 4 aromatic carbocycles. The number of ether oxygens (including phenoxy) is 1. The molecule has 9 nitrogen and oxygen atoms in total. The number of ketones is 1. The van der Waals surface area contributed by atoms with E-state index in [4.69, 9.17) is 17.4 Å². The number of nitrogens with zero attached hydrogens (tertiary/aromatic N) is 1. The highest BCUT2D eigenvalue weighted by Crippen LogP contribution is 2.43. The van der Waals surface area contributed by atoms with Gasteiger partial charge in [0.1, 0.15) is 12.2 Å². The molecular formula is C32H24N2O7S. The van der Waals surface area contributed by atoms with Gasteiger partial charge in [0.25, 0.3) is 5.56 Å². The monoisotopic (exact) mass is 580 g/mol. The molecule has 1 N–H and O–H groups in total. The molecule has 0 bridgehead atoms. The Morgan fingerprint density at radius 3 is 2.10 bits per heavy atom. The lowest BCUT2D eigenvalue weighted by molar-refractivity contribution is 0.0471. The summed E-state index contributed by atoms with van der Waals surface area (Å²) in [7, 11) is -1.50. The third-order valence-corrected chi connectivity index (χ3v) is 6.98. The zero-order valence-corrected chi connectivity index (χ0v) is 23.4. The van der Waals surface area contributed by atoms with Gasteiger partial charge in [0.15, 0.2) is 5.78 Å². The summed E-state index contributed by atoms with van der Waals surface area (Å²) in [6.45, 7) is 2.04. The first-order valence-electron chi connectivity index (χ1n) is 12.8. The van der Waals surface area contributed by atoms with Crippen molar-refractivity contribution in [3.63, 3.8) is 0 Å². The Hall–Kier alpha value is -5.35. The van der Waals surface area contributed by atoms with Gasteiger partial charge in [-0.05, 0) is 42.3 Å². The van der Waals surface area contributed by atoms with Crippen LogP contribution in [-0.2, 0) is 29.0 Å². The van der Waals surface area contributed by atoms with Gasteiger partial charge in [-0.25, -0.2) is 4.79 Å². The molecular weight excluding hydrogens is 556 g/mol. The van der Waals surface area contributed by atoms with Crippen molar-refractivity contribution >= 4 is 44.6 Å². The minimum Gasteiger partial charge on any atom is -0.457 e. The third kappa shape index (κ3) is 5.35. The van der Waals surface area contributed by atoms with Crippen molar-refractivity contribution < 1.29 is 27.0 Å². The number of nitrogens with one attached hydrogen (secondary N) is 1. The van der Waals surface area contributed by atoms with E-state index in [9.17, 15) is 14.4 Å². The van der Waals surface area contributed by atoms with Gasteiger partial charge in [0, 0.05) is 29.2 Å². The first kappa shape index (κ1) is 28.2. The Morgan fingerprint density at radius 2 is 1.43 bits per heavy atom. The highest BCUT2D eigenvalue weighted by atomic mass is 32.2. The number of hydrogen-bond acceptors (Lipinski definition) is 8. The summed E-state index contributed by atoms with van der Waals surface area (Å²) in [5.74, 6) is -0.895. The maximum Gasteiger partial charge on any atom is 0.425 e. The summed E-state index contributed by atoms with van der Waals surface area (Å²) in [5.41, 5.74) is 5.21. The highest BCUT2D eigenvalue weighted by Gasteiger charge is 2.34. The van der Waals surface area contributed by atoms with Gasteiger partial charge in [-0.3, -0.25) is 9.59 Å². The average molecular weight is 581 g/mol. The largest absolute Gasteiger partial charge is 0.457 e. The van der Waals surface area contributed by atoms with Gasteiger partial charge in [-0.1, -0.05) is 72.3 Å². The molecule has 0 atom stereocenters. The Morgan fingerprint density at radius 1 is 0.810 bits per heavy atom. The Balaban J connectivity index is 0.000000830. The van der Waals surface area contributed by atoms with Crippen LogP contribution >= 0.6 is 0 Å². The number of esters is 1. The van der Waals surface area contributed by atoms with E-state index in [1.54, 1.807) is 43.4 Å². The van der Waals surface area contributed by atoms with Crippen molar-refractivity contribution in [2.24, 2.45) is 7.05 Å². The van der Waals surface area contributed by atoms with Crippen molar-refractivity contribution in [2.75, 3.05) is 5.32 Å². The van der Waals surface area contributed by atoms with E-state index in [0.29, 0.717) is 38.8 Å². The molecule has 1 aliphatic carbocycles. The number of aryl methyl sites for hydroxylation is 2. The van der Waals surface area contributed by atoms with Crippen molar-refractivity contribution in [1.82, 2.24) is 4.57 Å². The number of anilines is 2. The minimum atomic E-state index is -3.11. The Labute approximate surface area is 242 Å². The lowest BCUT2D eigenvalue weighted by Gasteiger charge is -2.25. The predicted molar refractivity (Wildman–Crippen MR) is 158 cm³/mol. The van der Waals surface area contributed by atoms with Crippen LogP contribution < -0.4 is 10.9 Å². The van der Waals surface area contributed by atoms with E-state index in [-0.39, 0.29) is 18.0 Å². The van der Waals surface area contributed by atoms with Gasteiger partial charge in [-0.15, -0.1) is 12.6 Å². The molecule has 6 rings (SSSR count). The number of fused-ring (bicyclic) bond motifs is 2. The molecule has 0 fully saturated rings. The SMILES string of the molecule is Cc1ccc(Nc2ccc3c4c2C(=O)c2ccccc2-c4c(C(=O)OCc2ccccc2)c(=O)n3C)cc1.O=S(=O)=O. The van der Waals surface area contributed by atoms with Crippen LogP contribution in [0.15, 0.2) is 95.8 Å². The molecule has 5 aromatic rings. The standard InChI is InChI=1S/C32H24N2O4.O3S/c1-19-12-14-21(15-13-19)33-24-16-17-25-28-26(22-10-6-7-11-23(22)30(35)27(24)28)29(31(36)34(25)2)32(37)38-18-20-8-4-3-5-9-20;1-4(2)3/h3-17,33H,18H2,1-2H3;. The summed E-state index contributed by atoms with van der Waals surface area (Å²) in [5, 5.41) is 3.93. The number of rotatable bonds is 5. The van der Waals surface area contributed by atoms with E-state index >= 15 is 0 Å². The molecule has 0 aliphatic heterocycles. The molecule has 210 valence electrons. The van der Waals surface area contributed by atoms with Crippen LogP contribution in [-0.4, -0.2) is 28.9 Å². The van der Waals surface area contributed by atoms with Crippen LogP contribution in [0.5, 0.6) is 0 Å². The molecule has 42 heavy (non-hydrogen) atoms. The van der Waals surface area contributed by atoms with E-state index in [1.165, 1.54) is 4.57 Å². The van der Waals surface area contributed by atoms with Gasteiger partial charge in [-0.2, -0.15) is 0 Å². The second kappa shape index (κ2) is 11.6. The molecule has 1 aliphatic rings. The van der Waals surface area contributed by atoms with E-state index in [0.717, 1.165) is 16.8 Å². The van der Waals surface area contributed by atoms with Crippen molar-refractivity contribution in [1.29, 1.82) is 0 Å². The van der Waals surface area contributed by atoms with E-state index < -0.39 is 22.1 Å². The molecule has 1 heterocycles. The van der Waals surface area contributed by atoms with Crippen LogP contribution in [0, 0.1) is 6.92 Å². The van der Waals surface area contributed by atoms with Gasteiger partial charge < -0.3 is 14.6 Å². The Bertz CT molecular complexity index is 2030. The molecule has 0 saturated heterocycles. The first-order chi connectivity index (χ1) is 20.2. The highest BCUT2D eigenvalue weighted by molar-refractivity contribution is 7.59. The van der Waals surface area contributed by atoms with Crippen molar-refractivity contribution in [2.45, 2.75) is 13.5 Å². The fourth-order valence-electron chi connectivity index (χ4n) is 5.05. The third-order valence-electron chi connectivity index (χ3n) is 6.98. The van der Waals surface area contributed by atoms with Crippen molar-refractivity contribution in [3.8, 4) is 11.1 Å². The van der Waals surface area contributed by atoms with Crippen LogP contribution in [0.2, 0.25) is 0 Å². The molecule has 0 unspecified atom stereocenters. The van der Waals surface area contributed by atoms with Gasteiger partial charge in [0.2, 0.25) is 0 Å². The number of pyridine rings is 1. The first-order valence-corrected chi connectivity index (χ1v) is 13.8. The second-order valence-corrected chi connectivity index (χ2v) is 10.0. The van der Waals surface area contributed by atoms with E-state index in [1.807, 2.05) is 61.5 Å². The van der Waals surface area contributed by atoms with Crippen LogP contribution in [0.25, 0.3) is 22.0 Å². The predicted octanol–water partition coefficient (Wildman–Crippen LogP) is 5.15. The lowest BCUT2D eigenvalue weighted by atomic mass is 9.81. The summed E-state index contributed by atoms with van der Waals surface area (Å²) < 4.78 is 32.4. The number of carbonyl (C=O) groups is 2. The van der Waals surface area contributed by atoms with E-state index in [2.05, 4.69) is 5.32 Å². The molecule has 0 amide bonds. The number of carbonyl (C=O) groups excluding carboxylic acids is 2. The lowest BCUT2D eigenvalue weighted by Crippen LogP contribution is -2.29. The summed E-state index contributed by atoms with van der Waals surface area (Å²) >= 11 is 0. The molecule has 1 aromatic heterocycles. The topological polar surface area (TPSA) is 129 Å². The maximum absolute atomic E-state index is 13.9. The van der Waals surface area contributed by atoms with Crippen LogP contribution in [0.1, 0.15) is 37.4 Å². The number of benzene rings is 4. The van der Waals surface area contributed by atoms with Crippen LogP contribution in [0.3, 0.4) is 0 Å². The van der Waals surface area contributed by atoms with Gasteiger partial charge in [0.05, 0.1) is 16.8 Å². The zero-order valence-electron chi connectivity index (χ0n) is 22.6. The molecule has 10 heteroatoms. The fraction of sp³-hybridized carbons (Fsp3) is 0.0938. The molecule has 0 radical (unpaired) electrons. The maximum atomic E-state index is 13.9. The molecule has 0 saturated carbocycles. The van der Waals surface area contributed by atoms with Crippen LogP contribution in [0.4, 0.5) is 11.4 Å². The molecule has 0 spiro atoms. The summed E-state index contributed by atoms with van der Waals surface area (Å²) in [4.78, 5) is 41.0.